The van der Waals surface area contributed by atoms with Gasteiger partial charge in [0, 0.05) is 5.41 Å². The van der Waals surface area contributed by atoms with Crippen molar-refractivity contribution >= 4 is 23.4 Å². The zero-order chi connectivity index (χ0) is 27.2. The first-order valence-corrected chi connectivity index (χ1v) is 14.0. The summed E-state index contributed by atoms with van der Waals surface area (Å²) in [6.45, 7) is 9.58. The zero-order valence-corrected chi connectivity index (χ0v) is 23.0. The molecule has 4 aliphatic carbocycles. The van der Waals surface area contributed by atoms with Gasteiger partial charge in [-0.2, -0.15) is 0 Å². The van der Waals surface area contributed by atoms with Crippen molar-refractivity contribution in [3.63, 3.8) is 0 Å². The van der Waals surface area contributed by atoms with Gasteiger partial charge in [-0.3, -0.25) is 9.59 Å². The van der Waals surface area contributed by atoms with Gasteiger partial charge < -0.3 is 20.4 Å². The van der Waals surface area contributed by atoms with Crippen LogP contribution in [0.15, 0.2) is 16.8 Å². The number of nitrogens with zero attached hydrogens (tertiary/aromatic N) is 1. The van der Waals surface area contributed by atoms with Crippen LogP contribution in [0.5, 0.6) is 0 Å². The Balaban J connectivity index is 1.40. The molecule has 0 aliphatic heterocycles. The summed E-state index contributed by atoms with van der Waals surface area (Å²) < 4.78 is 0. The molecule has 0 heterocycles. The summed E-state index contributed by atoms with van der Waals surface area (Å²) >= 11 is 0. The molecular formula is C29H44N2O6. The van der Waals surface area contributed by atoms with E-state index in [0.717, 1.165) is 50.7 Å². The standard InChI is InChI=1S/C29H44N2O6/c1-17(2)14-24(26(34)35)30-25(33)16-37-31-20-8-11-27(4)19(15-20)6-7-21-22(27)9-12-28(5)23(21)10-13-29(28,36)18(3)32/h15,17,21-24,36H,6-14,16H2,1-5H3,(H,30,33)(H,34,35)/b31-20-/t21-,22+,23+,24-,27+,28+,29-/m1/s1. The zero-order valence-electron chi connectivity index (χ0n) is 23.0. The Morgan fingerprint density at radius 3 is 2.46 bits per heavy atom. The van der Waals surface area contributed by atoms with Crippen molar-refractivity contribution in [2.75, 3.05) is 6.61 Å². The van der Waals surface area contributed by atoms with Crippen LogP contribution in [0.1, 0.15) is 92.4 Å². The first-order chi connectivity index (χ1) is 17.3. The summed E-state index contributed by atoms with van der Waals surface area (Å²) in [7, 11) is 0. The van der Waals surface area contributed by atoms with Gasteiger partial charge in [-0.1, -0.05) is 38.4 Å². The number of rotatable bonds is 8. The topological polar surface area (TPSA) is 125 Å². The van der Waals surface area contributed by atoms with Crippen LogP contribution in [-0.4, -0.2) is 51.8 Å². The SMILES string of the molecule is CC(=O)[C@]1(O)CC[C@H]2[C@@H]3CCC4=C/C(=N\OCC(=O)N[C@H](CC(C)C)C(=O)O)CC[C@]4(C)[C@H]3CC[C@@]21C. The van der Waals surface area contributed by atoms with E-state index in [4.69, 9.17) is 4.84 Å². The second-order valence-electron chi connectivity index (χ2n) is 12.9. The fourth-order valence-electron chi connectivity index (χ4n) is 8.34. The molecule has 0 aromatic heterocycles. The number of aliphatic hydroxyl groups is 1. The minimum atomic E-state index is -1.19. The molecule has 8 nitrogen and oxygen atoms in total. The Morgan fingerprint density at radius 1 is 1.11 bits per heavy atom. The predicted octanol–water partition coefficient (Wildman–Crippen LogP) is 4.26. The lowest BCUT2D eigenvalue weighted by atomic mass is 9.46. The van der Waals surface area contributed by atoms with Crippen molar-refractivity contribution in [1.29, 1.82) is 0 Å². The number of Topliss-reactive ketones (excluding diaryl/α,β-unsaturated/α-hetero) is 1. The maximum atomic E-state index is 12.4. The monoisotopic (exact) mass is 516 g/mol. The summed E-state index contributed by atoms with van der Waals surface area (Å²) in [5, 5.41) is 27.4. The number of amides is 1. The van der Waals surface area contributed by atoms with Crippen molar-refractivity contribution in [2.45, 2.75) is 104 Å². The van der Waals surface area contributed by atoms with Gasteiger partial charge in [0.05, 0.1) is 5.71 Å². The molecule has 0 saturated heterocycles. The maximum absolute atomic E-state index is 12.4. The molecule has 1 amide bonds. The van der Waals surface area contributed by atoms with E-state index < -0.39 is 23.5 Å². The molecule has 0 bridgehead atoms. The highest BCUT2D eigenvalue weighted by Crippen LogP contribution is 2.67. The summed E-state index contributed by atoms with van der Waals surface area (Å²) in [4.78, 5) is 41.3. The minimum Gasteiger partial charge on any atom is -0.480 e. The van der Waals surface area contributed by atoms with Crippen LogP contribution >= 0.6 is 0 Å². The van der Waals surface area contributed by atoms with Gasteiger partial charge in [0.15, 0.2) is 12.4 Å². The number of hydrogen-bond donors (Lipinski definition) is 3. The van der Waals surface area contributed by atoms with Crippen LogP contribution in [0, 0.1) is 34.5 Å². The molecule has 8 heteroatoms. The van der Waals surface area contributed by atoms with Gasteiger partial charge in [-0.15, -0.1) is 0 Å². The fraction of sp³-hybridized carbons (Fsp3) is 0.793. The van der Waals surface area contributed by atoms with Crippen LogP contribution in [0.4, 0.5) is 0 Å². The van der Waals surface area contributed by atoms with Crippen molar-refractivity contribution in [3.8, 4) is 0 Å². The molecule has 37 heavy (non-hydrogen) atoms. The number of carbonyl (C=O) groups is 3. The Hall–Kier alpha value is -2.22. The van der Waals surface area contributed by atoms with E-state index in [9.17, 15) is 24.6 Å². The third-order valence-corrected chi connectivity index (χ3v) is 10.4. The fourth-order valence-corrected chi connectivity index (χ4v) is 8.34. The summed E-state index contributed by atoms with van der Waals surface area (Å²) in [6.07, 6.45) is 9.66. The highest BCUT2D eigenvalue weighted by atomic mass is 16.6. The molecule has 206 valence electrons. The highest BCUT2D eigenvalue weighted by Gasteiger charge is 2.65. The molecule has 3 saturated carbocycles. The average Bonchev–Trinajstić information content (AvgIpc) is 3.10. The third kappa shape index (κ3) is 4.86. The first kappa shape index (κ1) is 27.8. The summed E-state index contributed by atoms with van der Waals surface area (Å²) in [6, 6.07) is -0.930. The Kier molecular flexibility index (Phi) is 7.63. The lowest BCUT2D eigenvalue weighted by Crippen LogP contribution is -2.57. The van der Waals surface area contributed by atoms with Crippen LogP contribution < -0.4 is 5.32 Å². The minimum absolute atomic E-state index is 0.0725. The van der Waals surface area contributed by atoms with Crippen LogP contribution in [0.3, 0.4) is 0 Å². The molecule has 0 aromatic rings. The van der Waals surface area contributed by atoms with E-state index in [-0.39, 0.29) is 29.1 Å². The van der Waals surface area contributed by atoms with Crippen molar-refractivity contribution in [3.05, 3.63) is 11.6 Å². The molecule has 0 unspecified atom stereocenters. The number of carboxylic acids is 1. The number of ketones is 1. The first-order valence-electron chi connectivity index (χ1n) is 14.0. The molecule has 3 fully saturated rings. The molecule has 7 atom stereocenters. The van der Waals surface area contributed by atoms with E-state index in [0.29, 0.717) is 30.6 Å². The number of oxime groups is 1. The highest BCUT2D eigenvalue weighted by molar-refractivity contribution is 5.96. The van der Waals surface area contributed by atoms with E-state index >= 15 is 0 Å². The summed E-state index contributed by atoms with van der Waals surface area (Å²) in [5.74, 6) is -0.0502. The van der Waals surface area contributed by atoms with Crippen molar-refractivity contribution < 1.29 is 29.4 Å². The van der Waals surface area contributed by atoms with Gasteiger partial charge in [0.1, 0.15) is 11.6 Å². The summed E-state index contributed by atoms with van der Waals surface area (Å²) in [5.41, 5.74) is 0.765. The Bertz CT molecular complexity index is 1000. The number of allylic oxidation sites excluding steroid dienone is 2. The molecule has 3 N–H and O–H groups in total. The number of nitrogens with one attached hydrogen (secondary N) is 1. The van der Waals surface area contributed by atoms with E-state index in [1.165, 1.54) is 5.57 Å². The normalized spacial score (nSPS) is 38.7. The number of hydrogen-bond acceptors (Lipinski definition) is 6. The molecule has 4 aliphatic rings. The van der Waals surface area contributed by atoms with Crippen LogP contribution in [-0.2, 0) is 19.2 Å². The lowest BCUT2D eigenvalue weighted by molar-refractivity contribution is -0.159. The van der Waals surface area contributed by atoms with Gasteiger partial charge in [-0.05, 0) is 99.9 Å². The largest absolute Gasteiger partial charge is 0.480 e. The number of carbonyl (C=O) groups excluding carboxylic acids is 2. The quantitative estimate of drug-likeness (QED) is 0.414. The number of carboxylic acid groups (broad SMARTS) is 1. The van der Waals surface area contributed by atoms with Gasteiger partial charge in [0.2, 0.25) is 0 Å². The van der Waals surface area contributed by atoms with Crippen LogP contribution in [0.2, 0.25) is 0 Å². The van der Waals surface area contributed by atoms with E-state index in [1.54, 1.807) is 6.92 Å². The smallest absolute Gasteiger partial charge is 0.326 e. The van der Waals surface area contributed by atoms with Crippen molar-refractivity contribution in [2.24, 2.45) is 39.7 Å². The molecular weight excluding hydrogens is 472 g/mol. The van der Waals surface area contributed by atoms with Crippen LogP contribution in [0.25, 0.3) is 0 Å². The van der Waals surface area contributed by atoms with Gasteiger partial charge in [0.25, 0.3) is 5.91 Å². The predicted molar refractivity (Wildman–Crippen MR) is 140 cm³/mol. The van der Waals surface area contributed by atoms with E-state index in [2.05, 4.69) is 30.4 Å². The number of aliphatic carboxylic acids is 1. The molecule has 0 radical (unpaired) electrons. The Morgan fingerprint density at radius 2 is 1.81 bits per heavy atom. The number of fused-ring (bicyclic) bond motifs is 5. The Labute approximate surface area is 220 Å². The van der Waals surface area contributed by atoms with Crippen molar-refractivity contribution in [1.82, 2.24) is 5.32 Å². The van der Waals surface area contributed by atoms with Gasteiger partial charge >= 0.3 is 5.97 Å². The molecule has 0 aromatic carbocycles. The molecule has 4 rings (SSSR count). The third-order valence-electron chi connectivity index (χ3n) is 10.4. The van der Waals surface area contributed by atoms with E-state index in [1.807, 2.05) is 13.8 Å². The van der Waals surface area contributed by atoms with Gasteiger partial charge in [-0.25, -0.2) is 4.79 Å². The second kappa shape index (κ2) is 10.2. The second-order valence-corrected chi connectivity index (χ2v) is 12.9. The lowest BCUT2D eigenvalue weighted by Gasteiger charge is -2.59. The average molecular weight is 517 g/mol. The maximum Gasteiger partial charge on any atom is 0.326 e. The molecule has 0 spiro atoms.